The van der Waals surface area contributed by atoms with Crippen molar-refractivity contribution >= 4 is 40.9 Å². The third-order valence-electron chi connectivity index (χ3n) is 3.23. The Kier molecular flexibility index (Phi) is 6.62. The first-order valence-electron chi connectivity index (χ1n) is 6.89. The predicted molar refractivity (Wildman–Crippen MR) is 95.6 cm³/mol. The summed E-state index contributed by atoms with van der Waals surface area (Å²) in [5.74, 6) is 1.30. The van der Waals surface area contributed by atoms with Crippen LogP contribution in [0.3, 0.4) is 0 Å². The zero-order chi connectivity index (χ0) is 15.9. The summed E-state index contributed by atoms with van der Waals surface area (Å²) >= 11 is 13.4. The SMILES string of the molecule is Cc1ccccc1CSCC(=O)NCc1ccc(Cl)c(Cl)c1. The van der Waals surface area contributed by atoms with E-state index in [4.69, 9.17) is 23.2 Å². The van der Waals surface area contributed by atoms with E-state index in [2.05, 4.69) is 24.4 Å². The molecule has 0 spiro atoms. The smallest absolute Gasteiger partial charge is 0.230 e. The zero-order valence-electron chi connectivity index (χ0n) is 12.2. The summed E-state index contributed by atoms with van der Waals surface area (Å²) in [6, 6.07) is 13.6. The van der Waals surface area contributed by atoms with Gasteiger partial charge in [-0.25, -0.2) is 0 Å². The number of aryl methyl sites for hydroxylation is 1. The van der Waals surface area contributed by atoms with Crippen molar-refractivity contribution in [3.05, 3.63) is 69.2 Å². The second-order valence-electron chi connectivity index (χ2n) is 4.94. The maximum Gasteiger partial charge on any atom is 0.230 e. The van der Waals surface area contributed by atoms with E-state index in [1.54, 1.807) is 23.9 Å². The van der Waals surface area contributed by atoms with Gasteiger partial charge in [0.1, 0.15) is 0 Å². The van der Waals surface area contributed by atoms with E-state index in [-0.39, 0.29) is 5.91 Å². The third kappa shape index (κ3) is 5.24. The van der Waals surface area contributed by atoms with Crippen LogP contribution in [0.25, 0.3) is 0 Å². The molecule has 2 aromatic carbocycles. The molecule has 0 atom stereocenters. The van der Waals surface area contributed by atoms with E-state index < -0.39 is 0 Å². The van der Waals surface area contributed by atoms with Crippen LogP contribution in [0.15, 0.2) is 42.5 Å². The van der Waals surface area contributed by atoms with Crippen molar-refractivity contribution in [1.29, 1.82) is 0 Å². The Balaban J connectivity index is 1.74. The monoisotopic (exact) mass is 353 g/mol. The first kappa shape index (κ1) is 17.2. The number of thioether (sulfide) groups is 1. The molecule has 2 nitrogen and oxygen atoms in total. The minimum atomic E-state index is 0.0182. The number of carbonyl (C=O) groups is 1. The Morgan fingerprint density at radius 3 is 2.64 bits per heavy atom. The zero-order valence-corrected chi connectivity index (χ0v) is 14.6. The van der Waals surface area contributed by atoms with Gasteiger partial charge in [0.25, 0.3) is 0 Å². The molecule has 0 fully saturated rings. The minimum absolute atomic E-state index is 0.0182. The quantitative estimate of drug-likeness (QED) is 0.803. The van der Waals surface area contributed by atoms with Gasteiger partial charge in [-0.3, -0.25) is 4.79 Å². The van der Waals surface area contributed by atoms with E-state index in [9.17, 15) is 4.79 Å². The number of nitrogens with one attached hydrogen (secondary N) is 1. The summed E-state index contributed by atoms with van der Waals surface area (Å²) in [7, 11) is 0. The van der Waals surface area contributed by atoms with E-state index >= 15 is 0 Å². The second-order valence-corrected chi connectivity index (χ2v) is 6.74. The molecule has 2 rings (SSSR count). The molecule has 0 radical (unpaired) electrons. The molecule has 0 unspecified atom stereocenters. The van der Waals surface area contributed by atoms with Crippen LogP contribution in [0.5, 0.6) is 0 Å². The Bertz CT molecular complexity index is 661. The Hall–Kier alpha value is -1.16. The molecule has 0 aliphatic rings. The highest BCUT2D eigenvalue weighted by Crippen LogP contribution is 2.22. The van der Waals surface area contributed by atoms with Crippen molar-refractivity contribution in [1.82, 2.24) is 5.32 Å². The van der Waals surface area contributed by atoms with Gasteiger partial charge in [-0.2, -0.15) is 0 Å². The molecule has 0 bridgehead atoms. The molecule has 0 aliphatic carbocycles. The number of rotatable bonds is 6. The summed E-state index contributed by atoms with van der Waals surface area (Å²) in [5.41, 5.74) is 3.46. The largest absolute Gasteiger partial charge is 0.351 e. The molecule has 1 amide bonds. The highest BCUT2D eigenvalue weighted by Gasteiger charge is 2.05. The van der Waals surface area contributed by atoms with Gasteiger partial charge in [-0.1, -0.05) is 53.5 Å². The molecular formula is C17H17Cl2NOS. The van der Waals surface area contributed by atoms with Gasteiger partial charge < -0.3 is 5.32 Å². The van der Waals surface area contributed by atoms with Gasteiger partial charge in [-0.05, 0) is 35.7 Å². The molecule has 1 N–H and O–H groups in total. The van der Waals surface area contributed by atoms with Gasteiger partial charge in [0, 0.05) is 12.3 Å². The van der Waals surface area contributed by atoms with Crippen LogP contribution in [0.1, 0.15) is 16.7 Å². The molecular weight excluding hydrogens is 337 g/mol. The first-order valence-corrected chi connectivity index (χ1v) is 8.80. The molecule has 0 heterocycles. The van der Waals surface area contributed by atoms with Crippen LogP contribution >= 0.6 is 35.0 Å². The average molecular weight is 354 g/mol. The highest BCUT2D eigenvalue weighted by molar-refractivity contribution is 7.99. The van der Waals surface area contributed by atoms with Crippen LogP contribution < -0.4 is 5.32 Å². The average Bonchev–Trinajstić information content (AvgIpc) is 2.50. The number of hydrogen-bond acceptors (Lipinski definition) is 2. The number of amides is 1. The maximum atomic E-state index is 11.9. The van der Waals surface area contributed by atoms with Crippen molar-refractivity contribution in [2.75, 3.05) is 5.75 Å². The molecule has 2 aromatic rings. The molecule has 5 heteroatoms. The maximum absolute atomic E-state index is 11.9. The Morgan fingerprint density at radius 2 is 1.91 bits per heavy atom. The topological polar surface area (TPSA) is 29.1 Å². The summed E-state index contributed by atoms with van der Waals surface area (Å²) < 4.78 is 0. The van der Waals surface area contributed by atoms with Crippen LogP contribution in [0.2, 0.25) is 10.0 Å². The van der Waals surface area contributed by atoms with E-state index in [1.165, 1.54) is 11.1 Å². The van der Waals surface area contributed by atoms with Crippen LogP contribution in [-0.4, -0.2) is 11.7 Å². The number of carbonyl (C=O) groups excluding carboxylic acids is 1. The summed E-state index contributed by atoms with van der Waals surface area (Å²) in [6.07, 6.45) is 0. The third-order valence-corrected chi connectivity index (χ3v) is 4.95. The lowest BCUT2D eigenvalue weighted by atomic mass is 10.1. The fourth-order valence-corrected chi connectivity index (χ4v) is 3.18. The van der Waals surface area contributed by atoms with E-state index in [1.807, 2.05) is 18.2 Å². The number of halogens is 2. The lowest BCUT2D eigenvalue weighted by Crippen LogP contribution is -2.24. The lowest BCUT2D eigenvalue weighted by molar-refractivity contribution is -0.118. The van der Waals surface area contributed by atoms with Gasteiger partial charge in [0.2, 0.25) is 5.91 Å². The normalized spacial score (nSPS) is 10.5. The molecule has 0 aromatic heterocycles. The van der Waals surface area contributed by atoms with Crippen molar-refractivity contribution in [2.24, 2.45) is 0 Å². The lowest BCUT2D eigenvalue weighted by Gasteiger charge is -2.07. The molecule has 0 saturated heterocycles. The van der Waals surface area contributed by atoms with Gasteiger partial charge in [0.05, 0.1) is 15.8 Å². The standard InChI is InChI=1S/C17H17Cl2NOS/c1-12-4-2-3-5-14(12)10-22-11-17(21)20-9-13-6-7-15(18)16(19)8-13/h2-8H,9-11H2,1H3,(H,20,21). The Morgan fingerprint density at radius 1 is 1.14 bits per heavy atom. The summed E-state index contributed by atoms with van der Waals surface area (Å²) in [5, 5.41) is 3.91. The first-order chi connectivity index (χ1) is 10.6. The van der Waals surface area contributed by atoms with Crippen molar-refractivity contribution in [3.8, 4) is 0 Å². The predicted octanol–water partition coefficient (Wildman–Crippen LogP) is 4.85. The highest BCUT2D eigenvalue weighted by atomic mass is 35.5. The van der Waals surface area contributed by atoms with Crippen molar-refractivity contribution < 1.29 is 4.79 Å². The van der Waals surface area contributed by atoms with E-state index in [0.29, 0.717) is 22.3 Å². The fourth-order valence-electron chi connectivity index (χ4n) is 1.93. The van der Waals surface area contributed by atoms with Crippen LogP contribution in [0, 0.1) is 6.92 Å². The number of benzene rings is 2. The van der Waals surface area contributed by atoms with Crippen LogP contribution in [-0.2, 0) is 17.1 Å². The summed E-state index contributed by atoms with van der Waals surface area (Å²) in [6.45, 7) is 2.54. The molecule has 0 aliphatic heterocycles. The Labute approximate surface area is 145 Å². The molecule has 22 heavy (non-hydrogen) atoms. The fraction of sp³-hybridized carbons (Fsp3) is 0.235. The van der Waals surface area contributed by atoms with Gasteiger partial charge in [-0.15, -0.1) is 11.8 Å². The van der Waals surface area contributed by atoms with E-state index in [0.717, 1.165) is 11.3 Å². The van der Waals surface area contributed by atoms with Gasteiger partial charge >= 0.3 is 0 Å². The van der Waals surface area contributed by atoms with Crippen LogP contribution in [0.4, 0.5) is 0 Å². The van der Waals surface area contributed by atoms with Gasteiger partial charge in [0.15, 0.2) is 0 Å². The molecule has 116 valence electrons. The van der Waals surface area contributed by atoms with Crippen molar-refractivity contribution in [2.45, 2.75) is 19.2 Å². The number of hydrogen-bond donors (Lipinski definition) is 1. The summed E-state index contributed by atoms with van der Waals surface area (Å²) in [4.78, 5) is 11.9. The molecule has 0 saturated carbocycles. The van der Waals surface area contributed by atoms with Crippen molar-refractivity contribution in [3.63, 3.8) is 0 Å². The minimum Gasteiger partial charge on any atom is -0.351 e. The second kappa shape index (κ2) is 8.47.